The Kier molecular flexibility index (Phi) is 6.32. The highest BCUT2D eigenvalue weighted by molar-refractivity contribution is 7.80. The Hall–Kier alpha value is -3.14. The van der Waals surface area contributed by atoms with Crippen molar-refractivity contribution in [3.63, 3.8) is 0 Å². The maximum atomic E-state index is 14.1. The highest BCUT2D eigenvalue weighted by atomic mass is 32.1. The fraction of sp³-hybridized carbons (Fsp3) is 0.263. The Morgan fingerprint density at radius 1 is 1.45 bits per heavy atom. The number of nitrogens with zero attached hydrogens (tertiary/aromatic N) is 5. The Morgan fingerprint density at radius 2 is 2.24 bits per heavy atom. The molecule has 0 unspecified atom stereocenters. The number of benzene rings is 1. The molecular weight excluding hydrogens is 393 g/mol. The molecule has 152 valence electrons. The van der Waals surface area contributed by atoms with E-state index in [9.17, 15) is 4.39 Å². The molecular formula is C19H22FN7OS. The molecule has 8 nitrogen and oxygen atoms in total. The molecule has 3 N–H and O–H groups in total. The van der Waals surface area contributed by atoms with Gasteiger partial charge in [0.1, 0.15) is 17.8 Å². The van der Waals surface area contributed by atoms with Crippen LogP contribution in [0.1, 0.15) is 26.5 Å². The van der Waals surface area contributed by atoms with Crippen molar-refractivity contribution in [2.24, 2.45) is 10.7 Å². The number of allylic oxidation sites excluding steroid dienone is 1. The smallest absolute Gasteiger partial charge is 0.247 e. The van der Waals surface area contributed by atoms with E-state index in [2.05, 4.69) is 38.0 Å². The molecule has 0 saturated carbocycles. The minimum atomic E-state index is -0.460. The lowest BCUT2D eigenvalue weighted by atomic mass is 10.2. The van der Waals surface area contributed by atoms with Gasteiger partial charge in [-0.3, -0.25) is 4.99 Å². The summed E-state index contributed by atoms with van der Waals surface area (Å²) < 4.78 is 21.6. The first-order chi connectivity index (χ1) is 13.9. The molecule has 3 rings (SSSR count). The van der Waals surface area contributed by atoms with E-state index in [1.807, 2.05) is 20.8 Å². The van der Waals surface area contributed by atoms with Crippen LogP contribution in [-0.4, -0.2) is 38.4 Å². The molecule has 29 heavy (non-hydrogen) atoms. The number of ether oxygens (including phenoxy) is 1. The third-order valence-electron chi connectivity index (χ3n) is 3.76. The molecule has 0 aliphatic rings. The molecule has 10 heteroatoms. The second-order valence-electron chi connectivity index (χ2n) is 6.33. The van der Waals surface area contributed by atoms with Gasteiger partial charge in [0.15, 0.2) is 5.75 Å². The minimum absolute atomic E-state index is 0.141. The summed E-state index contributed by atoms with van der Waals surface area (Å²) in [6.45, 7) is 6.31. The lowest BCUT2D eigenvalue weighted by Crippen LogP contribution is -2.11. The van der Waals surface area contributed by atoms with E-state index in [1.54, 1.807) is 18.3 Å². The van der Waals surface area contributed by atoms with E-state index in [0.29, 0.717) is 34.1 Å². The molecule has 0 fully saturated rings. The standard InChI is InChI=1S/C19H22FN7OS/c1-4-22-9-12(8-21)16-17(28-11(2)3)18-25-19(26-27(18)10-23-16)24-15-6-5-13(29)7-14(15)20/h5-11,29H,4,21H2,1-3H3,(H,24,26)/b12-8+,22-9?. The Balaban J connectivity index is 2.08. The van der Waals surface area contributed by atoms with E-state index in [0.717, 1.165) is 0 Å². The summed E-state index contributed by atoms with van der Waals surface area (Å²) in [7, 11) is 0. The van der Waals surface area contributed by atoms with Gasteiger partial charge in [-0.15, -0.1) is 17.7 Å². The number of nitrogens with two attached hydrogens (primary N) is 1. The van der Waals surface area contributed by atoms with Crippen molar-refractivity contribution in [2.45, 2.75) is 31.8 Å². The number of anilines is 2. The first-order valence-corrected chi connectivity index (χ1v) is 9.47. The molecule has 0 aliphatic heterocycles. The van der Waals surface area contributed by atoms with E-state index < -0.39 is 5.82 Å². The van der Waals surface area contributed by atoms with Gasteiger partial charge in [-0.1, -0.05) is 0 Å². The van der Waals surface area contributed by atoms with Crippen molar-refractivity contribution in [1.29, 1.82) is 0 Å². The van der Waals surface area contributed by atoms with Crippen LogP contribution in [0.15, 0.2) is 40.6 Å². The van der Waals surface area contributed by atoms with E-state index in [4.69, 9.17) is 10.5 Å². The van der Waals surface area contributed by atoms with Crippen LogP contribution >= 0.6 is 12.6 Å². The number of hydrogen-bond acceptors (Lipinski definition) is 8. The fourth-order valence-corrected chi connectivity index (χ4v) is 2.72. The third-order valence-corrected chi connectivity index (χ3v) is 4.04. The minimum Gasteiger partial charge on any atom is -0.485 e. The van der Waals surface area contributed by atoms with Gasteiger partial charge in [-0.2, -0.15) is 9.50 Å². The summed E-state index contributed by atoms with van der Waals surface area (Å²) in [5, 5.41) is 7.18. The van der Waals surface area contributed by atoms with Crippen LogP contribution in [0.25, 0.3) is 11.2 Å². The highest BCUT2D eigenvalue weighted by Gasteiger charge is 2.19. The number of aromatic nitrogens is 4. The molecule has 0 saturated heterocycles. The van der Waals surface area contributed by atoms with Gasteiger partial charge in [0.25, 0.3) is 0 Å². The molecule has 0 atom stereocenters. The lowest BCUT2D eigenvalue weighted by Gasteiger charge is -2.14. The van der Waals surface area contributed by atoms with Gasteiger partial charge >= 0.3 is 0 Å². The van der Waals surface area contributed by atoms with Crippen LogP contribution < -0.4 is 15.8 Å². The normalized spacial score (nSPS) is 12.3. The molecule has 1 aromatic carbocycles. The maximum Gasteiger partial charge on any atom is 0.247 e. The molecule has 3 aromatic rings. The number of halogens is 1. The molecule has 0 radical (unpaired) electrons. The maximum absolute atomic E-state index is 14.1. The van der Waals surface area contributed by atoms with E-state index in [-0.39, 0.29) is 17.7 Å². The van der Waals surface area contributed by atoms with Crippen molar-refractivity contribution in [1.82, 2.24) is 19.6 Å². The Morgan fingerprint density at radius 3 is 2.90 bits per heavy atom. The number of aliphatic imine (C=N–C) groups is 1. The Labute approximate surface area is 173 Å². The second kappa shape index (κ2) is 8.91. The average molecular weight is 415 g/mol. The Bertz CT molecular complexity index is 1080. The van der Waals surface area contributed by atoms with Crippen molar-refractivity contribution in [2.75, 3.05) is 11.9 Å². The molecule has 0 spiro atoms. The summed E-state index contributed by atoms with van der Waals surface area (Å²) in [5.74, 6) is 0.148. The van der Waals surface area contributed by atoms with Gasteiger partial charge in [0, 0.05) is 29.4 Å². The largest absolute Gasteiger partial charge is 0.485 e. The summed E-state index contributed by atoms with van der Waals surface area (Å²) in [4.78, 5) is 13.6. The van der Waals surface area contributed by atoms with E-state index in [1.165, 1.54) is 23.1 Å². The summed E-state index contributed by atoms with van der Waals surface area (Å²) in [5.41, 5.74) is 7.52. The first-order valence-electron chi connectivity index (χ1n) is 9.02. The summed E-state index contributed by atoms with van der Waals surface area (Å²) in [6.07, 6.45) is 4.40. The lowest BCUT2D eigenvalue weighted by molar-refractivity contribution is 0.242. The number of fused-ring (bicyclic) bond motifs is 1. The molecule has 0 bridgehead atoms. The number of thiol groups is 1. The van der Waals surface area contributed by atoms with Crippen molar-refractivity contribution < 1.29 is 9.13 Å². The summed E-state index contributed by atoms with van der Waals surface area (Å²) >= 11 is 4.12. The van der Waals surface area contributed by atoms with Gasteiger partial charge in [-0.05, 0) is 39.0 Å². The van der Waals surface area contributed by atoms with Crippen LogP contribution in [0.2, 0.25) is 0 Å². The van der Waals surface area contributed by atoms with Gasteiger partial charge in [0.05, 0.1) is 11.8 Å². The van der Waals surface area contributed by atoms with Crippen molar-refractivity contribution in [3.05, 3.63) is 42.2 Å². The predicted octanol–water partition coefficient (Wildman–Crippen LogP) is 3.47. The van der Waals surface area contributed by atoms with Crippen LogP contribution in [0.4, 0.5) is 16.0 Å². The second-order valence-corrected chi connectivity index (χ2v) is 6.85. The quantitative estimate of drug-likeness (QED) is 0.403. The first kappa shape index (κ1) is 20.6. The number of rotatable bonds is 7. The van der Waals surface area contributed by atoms with Crippen LogP contribution in [0, 0.1) is 5.82 Å². The van der Waals surface area contributed by atoms with Crippen molar-refractivity contribution in [3.8, 4) is 5.75 Å². The van der Waals surface area contributed by atoms with Crippen LogP contribution in [-0.2, 0) is 0 Å². The fourth-order valence-electron chi connectivity index (χ4n) is 2.54. The molecule has 0 aliphatic carbocycles. The van der Waals surface area contributed by atoms with Crippen LogP contribution in [0.5, 0.6) is 5.75 Å². The topological polar surface area (TPSA) is 103 Å². The average Bonchev–Trinajstić information content (AvgIpc) is 3.08. The zero-order valence-electron chi connectivity index (χ0n) is 16.3. The SMILES string of the molecule is CCN=C/C(=C\N)c1ncn2nc(Nc3ccc(S)cc3F)nc2c1OC(C)C. The predicted molar refractivity (Wildman–Crippen MR) is 115 cm³/mol. The summed E-state index contributed by atoms with van der Waals surface area (Å²) in [6, 6.07) is 4.54. The van der Waals surface area contributed by atoms with Gasteiger partial charge in [0.2, 0.25) is 11.6 Å². The van der Waals surface area contributed by atoms with Crippen LogP contribution in [0.3, 0.4) is 0 Å². The zero-order chi connectivity index (χ0) is 21.0. The van der Waals surface area contributed by atoms with Gasteiger partial charge < -0.3 is 15.8 Å². The number of nitrogens with one attached hydrogen (secondary N) is 1. The van der Waals surface area contributed by atoms with Gasteiger partial charge in [-0.25, -0.2) is 9.37 Å². The molecule has 2 aromatic heterocycles. The monoisotopic (exact) mass is 415 g/mol. The molecule has 0 amide bonds. The number of hydrogen-bond donors (Lipinski definition) is 3. The molecule has 2 heterocycles. The highest BCUT2D eigenvalue weighted by Crippen LogP contribution is 2.29. The third kappa shape index (κ3) is 4.65. The van der Waals surface area contributed by atoms with E-state index >= 15 is 0 Å². The van der Waals surface area contributed by atoms with Crippen molar-refractivity contribution >= 4 is 41.7 Å². The zero-order valence-corrected chi connectivity index (χ0v) is 17.2.